The van der Waals surface area contributed by atoms with Crippen molar-refractivity contribution in [2.45, 2.75) is 12.5 Å². The molecule has 0 aliphatic heterocycles. The normalized spacial score (nSPS) is 12.1. The number of hydrogen-bond donors (Lipinski definition) is 1. The topological polar surface area (TPSA) is 52.3 Å². The molecule has 2 rings (SSSR count). The van der Waals surface area contributed by atoms with Gasteiger partial charge in [0.05, 0.1) is 0 Å². The zero-order chi connectivity index (χ0) is 17.1. The van der Waals surface area contributed by atoms with Crippen LogP contribution in [0.15, 0.2) is 30.3 Å². The van der Waals surface area contributed by atoms with Gasteiger partial charge in [0, 0.05) is 0 Å². The molecular weight excluding hydrogens is 321 g/mol. The molecule has 0 bridgehead atoms. The van der Waals surface area contributed by atoms with Crippen molar-refractivity contribution in [2.75, 3.05) is 0 Å². The molecule has 0 fully saturated rings. The van der Waals surface area contributed by atoms with Crippen molar-refractivity contribution in [2.24, 2.45) is 5.73 Å². The van der Waals surface area contributed by atoms with Gasteiger partial charge >= 0.3 is 5.97 Å². The predicted molar refractivity (Wildman–Crippen MR) is 70.0 cm³/mol. The lowest BCUT2D eigenvalue weighted by Crippen LogP contribution is -2.36. The average molecular weight is 331 g/mol. The summed E-state index contributed by atoms with van der Waals surface area (Å²) in [5.41, 5.74) is 6.16. The third kappa shape index (κ3) is 3.48. The van der Waals surface area contributed by atoms with E-state index in [-0.39, 0.29) is 6.42 Å². The van der Waals surface area contributed by atoms with E-state index in [1.165, 1.54) is 0 Å². The highest BCUT2D eigenvalue weighted by Gasteiger charge is 2.29. The largest absolute Gasteiger partial charge is 0.419 e. The first-order valence-electron chi connectivity index (χ1n) is 6.35. The summed E-state index contributed by atoms with van der Waals surface area (Å²) < 4.78 is 70.0. The third-order valence-electron chi connectivity index (χ3n) is 2.97. The van der Waals surface area contributed by atoms with Gasteiger partial charge in [-0.05, 0) is 12.0 Å². The highest BCUT2D eigenvalue weighted by molar-refractivity contribution is 5.78. The second-order valence-electron chi connectivity index (χ2n) is 4.62. The minimum Gasteiger partial charge on any atom is -0.419 e. The Morgan fingerprint density at radius 3 is 1.91 bits per heavy atom. The highest BCUT2D eigenvalue weighted by Crippen LogP contribution is 2.29. The number of nitrogens with two attached hydrogens (primary N) is 1. The van der Waals surface area contributed by atoms with E-state index in [9.17, 15) is 26.7 Å². The van der Waals surface area contributed by atoms with Gasteiger partial charge in [0.25, 0.3) is 0 Å². The lowest BCUT2D eigenvalue weighted by atomic mass is 10.1. The van der Waals surface area contributed by atoms with Gasteiger partial charge in [-0.2, -0.15) is 8.78 Å². The van der Waals surface area contributed by atoms with Crippen LogP contribution in [0.5, 0.6) is 5.75 Å². The Balaban J connectivity index is 2.20. The minimum atomic E-state index is -2.34. The smallest absolute Gasteiger partial charge is 0.328 e. The van der Waals surface area contributed by atoms with Gasteiger partial charge in [-0.25, -0.2) is 18.0 Å². The Morgan fingerprint density at radius 1 is 0.913 bits per heavy atom. The molecule has 2 aromatic carbocycles. The number of hydrogen-bond acceptors (Lipinski definition) is 3. The molecule has 0 aliphatic rings. The first-order valence-corrected chi connectivity index (χ1v) is 6.35. The zero-order valence-electron chi connectivity index (χ0n) is 11.5. The van der Waals surface area contributed by atoms with Crippen molar-refractivity contribution in [1.82, 2.24) is 0 Å². The van der Waals surface area contributed by atoms with Crippen molar-refractivity contribution in [3.05, 3.63) is 65.0 Å². The second-order valence-corrected chi connectivity index (χ2v) is 4.62. The summed E-state index contributed by atoms with van der Waals surface area (Å²) in [6.07, 6.45) is -0.0327. The molecule has 0 amide bonds. The maximum Gasteiger partial charge on any atom is 0.328 e. The van der Waals surface area contributed by atoms with Crippen LogP contribution in [0, 0.1) is 29.1 Å². The highest BCUT2D eigenvalue weighted by atomic mass is 19.2. The summed E-state index contributed by atoms with van der Waals surface area (Å²) in [6.45, 7) is 0. The van der Waals surface area contributed by atoms with Gasteiger partial charge in [0.15, 0.2) is 0 Å². The number of ether oxygens (including phenoxy) is 1. The second kappa shape index (κ2) is 6.74. The molecule has 0 unspecified atom stereocenters. The molecular formula is C15H10F5NO2. The fraction of sp³-hybridized carbons (Fsp3) is 0.133. The van der Waals surface area contributed by atoms with Crippen LogP contribution >= 0.6 is 0 Å². The quantitative estimate of drug-likeness (QED) is 0.308. The Kier molecular flexibility index (Phi) is 4.95. The van der Waals surface area contributed by atoms with E-state index in [1.54, 1.807) is 30.3 Å². The van der Waals surface area contributed by atoms with Crippen LogP contribution in [0.3, 0.4) is 0 Å². The lowest BCUT2D eigenvalue weighted by Gasteiger charge is -2.13. The summed E-state index contributed by atoms with van der Waals surface area (Å²) in [6, 6.07) is 7.03. The first-order chi connectivity index (χ1) is 10.8. The van der Waals surface area contributed by atoms with E-state index in [4.69, 9.17) is 5.73 Å². The molecule has 8 heteroatoms. The van der Waals surface area contributed by atoms with Gasteiger partial charge in [-0.3, -0.25) is 0 Å². The van der Waals surface area contributed by atoms with Gasteiger partial charge in [-0.1, -0.05) is 30.3 Å². The Morgan fingerprint density at radius 2 is 1.39 bits per heavy atom. The fourth-order valence-corrected chi connectivity index (χ4v) is 1.80. The van der Waals surface area contributed by atoms with Crippen LogP contribution in [0.1, 0.15) is 5.56 Å². The van der Waals surface area contributed by atoms with Gasteiger partial charge in [0.1, 0.15) is 6.04 Å². The summed E-state index contributed by atoms with van der Waals surface area (Å²) in [7, 11) is 0. The number of carbonyl (C=O) groups is 1. The third-order valence-corrected chi connectivity index (χ3v) is 2.97. The summed E-state index contributed by atoms with van der Waals surface area (Å²) in [5.74, 6) is -14.2. The molecule has 3 nitrogen and oxygen atoms in total. The van der Waals surface area contributed by atoms with Crippen molar-refractivity contribution in [1.29, 1.82) is 0 Å². The van der Waals surface area contributed by atoms with Crippen LogP contribution in [0.2, 0.25) is 0 Å². The van der Waals surface area contributed by atoms with Crippen LogP contribution in [0.25, 0.3) is 0 Å². The standard InChI is InChI=1S/C15H10F5NO2/c16-9-10(17)12(19)14(13(20)11(9)18)23-15(22)8(21)6-7-4-2-1-3-5-7/h1-5,8H,6,21H2/t8-/m1/s1. The lowest BCUT2D eigenvalue weighted by molar-refractivity contribution is -0.136. The Hall–Kier alpha value is -2.48. The molecule has 0 radical (unpaired) electrons. The fourth-order valence-electron chi connectivity index (χ4n) is 1.80. The van der Waals surface area contributed by atoms with Crippen molar-refractivity contribution >= 4 is 5.97 Å². The molecule has 0 saturated carbocycles. The molecule has 0 spiro atoms. The molecule has 122 valence electrons. The molecule has 1 atom stereocenters. The molecule has 0 aromatic heterocycles. The minimum absolute atomic E-state index is 0.0327. The SMILES string of the molecule is N[C@H](Cc1ccccc1)C(=O)Oc1c(F)c(F)c(F)c(F)c1F. The average Bonchev–Trinajstić information content (AvgIpc) is 2.55. The van der Waals surface area contributed by atoms with Crippen LogP contribution in [0.4, 0.5) is 22.0 Å². The molecule has 0 saturated heterocycles. The van der Waals surface area contributed by atoms with Crippen LogP contribution in [-0.2, 0) is 11.2 Å². The van der Waals surface area contributed by atoms with E-state index < -0.39 is 46.8 Å². The van der Waals surface area contributed by atoms with Crippen molar-refractivity contribution in [3.63, 3.8) is 0 Å². The van der Waals surface area contributed by atoms with Crippen LogP contribution < -0.4 is 10.5 Å². The molecule has 0 heterocycles. The first kappa shape index (κ1) is 16.9. The number of benzene rings is 2. The van der Waals surface area contributed by atoms with Gasteiger partial charge < -0.3 is 10.5 Å². The Bertz CT molecular complexity index is 707. The monoisotopic (exact) mass is 331 g/mol. The van der Waals surface area contributed by atoms with Gasteiger partial charge in [0.2, 0.25) is 34.8 Å². The maximum absolute atomic E-state index is 13.4. The molecule has 0 aliphatic carbocycles. The van der Waals surface area contributed by atoms with Crippen LogP contribution in [-0.4, -0.2) is 12.0 Å². The number of rotatable bonds is 4. The maximum atomic E-state index is 13.4. The van der Waals surface area contributed by atoms with E-state index in [1.807, 2.05) is 0 Å². The van der Waals surface area contributed by atoms with Crippen molar-refractivity contribution < 1.29 is 31.5 Å². The van der Waals surface area contributed by atoms with E-state index >= 15 is 0 Å². The zero-order valence-corrected chi connectivity index (χ0v) is 11.5. The summed E-state index contributed by atoms with van der Waals surface area (Å²) in [5, 5.41) is 0. The van der Waals surface area contributed by atoms with Gasteiger partial charge in [-0.15, -0.1) is 0 Å². The summed E-state index contributed by atoms with van der Waals surface area (Å²) >= 11 is 0. The molecule has 2 N–H and O–H groups in total. The molecule has 23 heavy (non-hydrogen) atoms. The number of halogens is 5. The predicted octanol–water partition coefficient (Wildman–Crippen LogP) is 2.86. The van der Waals surface area contributed by atoms with Crippen molar-refractivity contribution in [3.8, 4) is 5.75 Å². The Labute approximate surface area is 127 Å². The van der Waals surface area contributed by atoms with E-state index in [2.05, 4.69) is 4.74 Å². The summed E-state index contributed by atoms with van der Waals surface area (Å²) in [4.78, 5) is 11.7. The number of esters is 1. The van der Waals surface area contributed by atoms with E-state index in [0.717, 1.165) is 0 Å². The number of carbonyl (C=O) groups excluding carboxylic acids is 1. The molecule has 2 aromatic rings. The van der Waals surface area contributed by atoms with E-state index in [0.29, 0.717) is 5.56 Å².